The average Bonchev–Trinajstić information content (AvgIpc) is 3.34. The number of hydrogen-bond donors (Lipinski definition) is 1. The Hall–Kier alpha value is -2.51. The highest BCUT2D eigenvalue weighted by atomic mass is 35.5. The van der Waals surface area contributed by atoms with Crippen LogP contribution >= 0.6 is 23.4 Å². The number of carbonyl (C=O) groups is 3. The number of rotatable bonds is 5. The average molecular weight is 444 g/mol. The number of anilines is 3. The Balaban J connectivity index is 1.43. The predicted octanol–water partition coefficient (Wildman–Crippen LogP) is 4.18. The van der Waals surface area contributed by atoms with E-state index in [9.17, 15) is 14.4 Å². The van der Waals surface area contributed by atoms with Crippen LogP contribution in [0.1, 0.15) is 19.3 Å². The molecular formula is C22H22ClN3O3S. The zero-order chi connectivity index (χ0) is 21.3. The maximum Gasteiger partial charge on any atom is 0.229 e. The fraction of sp³-hybridized carbons (Fsp3) is 0.318. The van der Waals surface area contributed by atoms with Gasteiger partial charge < -0.3 is 15.1 Å². The standard InChI is InChI=1S/C22H22ClN3O3S/c1-30-17-5-2-4-16(12-17)26-13-14(10-21(26)28)22(29)24-15-7-8-19(18(23)11-15)25-9-3-6-20(25)27/h2,4-5,7-8,11-12,14H,3,6,9-10,13H2,1H3,(H,24,29)/t14-/m1/s1. The Kier molecular flexibility index (Phi) is 6.01. The molecule has 0 radical (unpaired) electrons. The van der Waals surface area contributed by atoms with E-state index in [1.54, 1.807) is 39.8 Å². The minimum absolute atomic E-state index is 0.0591. The van der Waals surface area contributed by atoms with Gasteiger partial charge in [0.2, 0.25) is 17.7 Å². The smallest absolute Gasteiger partial charge is 0.229 e. The quantitative estimate of drug-likeness (QED) is 0.704. The van der Waals surface area contributed by atoms with Crippen LogP contribution < -0.4 is 15.1 Å². The van der Waals surface area contributed by atoms with Crippen LogP contribution in [0, 0.1) is 5.92 Å². The van der Waals surface area contributed by atoms with Crippen LogP contribution in [-0.2, 0) is 14.4 Å². The molecule has 156 valence electrons. The van der Waals surface area contributed by atoms with Crippen molar-refractivity contribution < 1.29 is 14.4 Å². The van der Waals surface area contributed by atoms with Crippen molar-refractivity contribution >= 4 is 58.1 Å². The normalized spacial score (nSPS) is 18.9. The highest BCUT2D eigenvalue weighted by Crippen LogP contribution is 2.33. The largest absolute Gasteiger partial charge is 0.326 e. The van der Waals surface area contributed by atoms with Crippen LogP contribution in [0.4, 0.5) is 17.1 Å². The molecular weight excluding hydrogens is 422 g/mol. The molecule has 2 saturated heterocycles. The molecule has 0 spiro atoms. The lowest BCUT2D eigenvalue weighted by molar-refractivity contribution is -0.122. The van der Waals surface area contributed by atoms with Crippen molar-refractivity contribution in [2.24, 2.45) is 5.92 Å². The highest BCUT2D eigenvalue weighted by molar-refractivity contribution is 7.98. The molecule has 2 aliphatic heterocycles. The maximum atomic E-state index is 12.8. The van der Waals surface area contributed by atoms with Crippen molar-refractivity contribution in [2.45, 2.75) is 24.2 Å². The zero-order valence-corrected chi connectivity index (χ0v) is 18.1. The summed E-state index contributed by atoms with van der Waals surface area (Å²) < 4.78 is 0. The zero-order valence-electron chi connectivity index (χ0n) is 16.6. The van der Waals surface area contributed by atoms with E-state index in [-0.39, 0.29) is 24.1 Å². The molecule has 2 heterocycles. The van der Waals surface area contributed by atoms with Gasteiger partial charge in [0.25, 0.3) is 0 Å². The number of nitrogens with zero attached hydrogens (tertiary/aromatic N) is 2. The molecule has 1 atom stereocenters. The number of nitrogens with one attached hydrogen (secondary N) is 1. The molecule has 2 aromatic rings. The van der Waals surface area contributed by atoms with Crippen molar-refractivity contribution in [1.29, 1.82) is 0 Å². The van der Waals surface area contributed by atoms with Crippen molar-refractivity contribution in [3.8, 4) is 0 Å². The van der Waals surface area contributed by atoms with E-state index in [0.29, 0.717) is 35.9 Å². The number of hydrogen-bond acceptors (Lipinski definition) is 4. The van der Waals surface area contributed by atoms with Crippen LogP contribution in [0.25, 0.3) is 0 Å². The minimum Gasteiger partial charge on any atom is -0.326 e. The van der Waals surface area contributed by atoms with Gasteiger partial charge >= 0.3 is 0 Å². The van der Waals surface area contributed by atoms with Gasteiger partial charge in [0.15, 0.2) is 0 Å². The number of halogens is 1. The van der Waals surface area contributed by atoms with Gasteiger partial charge in [-0.3, -0.25) is 14.4 Å². The molecule has 0 unspecified atom stereocenters. The van der Waals surface area contributed by atoms with Gasteiger partial charge in [-0.2, -0.15) is 0 Å². The SMILES string of the molecule is CSc1cccc(N2C[C@H](C(=O)Nc3ccc(N4CCCC4=O)c(Cl)c3)CC2=O)c1. The molecule has 8 heteroatoms. The minimum atomic E-state index is -0.436. The third-order valence-electron chi connectivity index (χ3n) is 5.44. The molecule has 3 amide bonds. The van der Waals surface area contributed by atoms with Crippen molar-refractivity contribution in [3.63, 3.8) is 0 Å². The van der Waals surface area contributed by atoms with Crippen molar-refractivity contribution in [2.75, 3.05) is 34.5 Å². The summed E-state index contributed by atoms with van der Waals surface area (Å²) in [6.07, 6.45) is 3.50. The van der Waals surface area contributed by atoms with Crippen molar-refractivity contribution in [1.82, 2.24) is 0 Å². The Morgan fingerprint density at radius 1 is 1.13 bits per heavy atom. The summed E-state index contributed by atoms with van der Waals surface area (Å²) in [5, 5.41) is 3.28. The second kappa shape index (κ2) is 8.70. The first-order chi connectivity index (χ1) is 14.5. The third-order valence-corrected chi connectivity index (χ3v) is 6.47. The molecule has 1 N–H and O–H groups in total. The van der Waals surface area contributed by atoms with Crippen LogP contribution in [0.2, 0.25) is 5.02 Å². The summed E-state index contributed by atoms with van der Waals surface area (Å²) in [6.45, 7) is 0.999. The van der Waals surface area contributed by atoms with Crippen molar-refractivity contribution in [3.05, 3.63) is 47.5 Å². The van der Waals surface area contributed by atoms with Gasteiger partial charge in [0, 0.05) is 42.2 Å². The predicted molar refractivity (Wildman–Crippen MR) is 120 cm³/mol. The number of benzene rings is 2. The van der Waals surface area contributed by atoms with Gasteiger partial charge in [-0.25, -0.2) is 0 Å². The molecule has 2 aliphatic rings. The summed E-state index contributed by atoms with van der Waals surface area (Å²) >= 11 is 7.97. The first-order valence-corrected chi connectivity index (χ1v) is 11.4. The number of carbonyl (C=O) groups excluding carboxylic acids is 3. The lowest BCUT2D eigenvalue weighted by atomic mass is 10.1. The Labute approximate surface area is 184 Å². The highest BCUT2D eigenvalue weighted by Gasteiger charge is 2.35. The van der Waals surface area contributed by atoms with E-state index in [0.717, 1.165) is 17.0 Å². The van der Waals surface area contributed by atoms with Gasteiger partial charge in [0.05, 0.1) is 16.6 Å². The Bertz CT molecular complexity index is 1010. The second-order valence-electron chi connectivity index (χ2n) is 7.41. The first kappa shape index (κ1) is 20.8. The molecule has 2 aromatic carbocycles. The molecule has 0 saturated carbocycles. The number of thioether (sulfide) groups is 1. The van der Waals surface area contributed by atoms with Gasteiger partial charge in [-0.15, -0.1) is 11.8 Å². The van der Waals surface area contributed by atoms with E-state index in [2.05, 4.69) is 5.32 Å². The fourth-order valence-electron chi connectivity index (χ4n) is 3.86. The lowest BCUT2D eigenvalue weighted by Gasteiger charge is -2.19. The lowest BCUT2D eigenvalue weighted by Crippen LogP contribution is -2.28. The fourth-order valence-corrected chi connectivity index (χ4v) is 4.60. The van der Waals surface area contributed by atoms with E-state index in [4.69, 9.17) is 11.6 Å². The topological polar surface area (TPSA) is 69.7 Å². The first-order valence-electron chi connectivity index (χ1n) is 9.81. The molecule has 2 fully saturated rings. The third kappa shape index (κ3) is 4.18. The maximum absolute atomic E-state index is 12.8. The molecule has 30 heavy (non-hydrogen) atoms. The van der Waals surface area contributed by atoms with Gasteiger partial charge in [-0.05, 0) is 49.1 Å². The second-order valence-corrected chi connectivity index (χ2v) is 8.70. The van der Waals surface area contributed by atoms with E-state index in [1.165, 1.54) is 0 Å². The summed E-state index contributed by atoms with van der Waals surface area (Å²) in [5.41, 5.74) is 2.02. The number of amides is 3. The summed E-state index contributed by atoms with van der Waals surface area (Å²) in [6, 6.07) is 12.9. The van der Waals surface area contributed by atoms with E-state index in [1.807, 2.05) is 30.5 Å². The molecule has 6 nitrogen and oxygen atoms in total. The van der Waals surface area contributed by atoms with Crippen LogP contribution in [0.15, 0.2) is 47.4 Å². The molecule has 4 rings (SSSR count). The summed E-state index contributed by atoms with van der Waals surface area (Å²) in [4.78, 5) is 41.6. The van der Waals surface area contributed by atoms with Gasteiger partial charge in [-0.1, -0.05) is 17.7 Å². The molecule has 0 aliphatic carbocycles. The summed E-state index contributed by atoms with van der Waals surface area (Å²) in [7, 11) is 0. The molecule has 0 aromatic heterocycles. The Morgan fingerprint density at radius 2 is 1.97 bits per heavy atom. The van der Waals surface area contributed by atoms with E-state index >= 15 is 0 Å². The summed E-state index contributed by atoms with van der Waals surface area (Å²) in [5.74, 6) is -0.653. The van der Waals surface area contributed by atoms with Crippen LogP contribution in [0.5, 0.6) is 0 Å². The monoisotopic (exact) mass is 443 g/mol. The van der Waals surface area contributed by atoms with Crippen LogP contribution in [0.3, 0.4) is 0 Å². The Morgan fingerprint density at radius 3 is 2.67 bits per heavy atom. The molecule has 0 bridgehead atoms. The van der Waals surface area contributed by atoms with Gasteiger partial charge in [0.1, 0.15) is 0 Å². The van der Waals surface area contributed by atoms with E-state index < -0.39 is 5.92 Å². The van der Waals surface area contributed by atoms with Crippen LogP contribution in [-0.4, -0.2) is 37.1 Å².